The van der Waals surface area contributed by atoms with Crippen LogP contribution in [0.2, 0.25) is 5.02 Å². The molecule has 0 radical (unpaired) electrons. The number of halogens is 4. The van der Waals surface area contributed by atoms with E-state index >= 15 is 4.39 Å². The number of rotatable bonds is 7. The number of alkyl halides is 1. The van der Waals surface area contributed by atoms with Gasteiger partial charge < -0.3 is 15.4 Å². The molecular weight excluding hydrogens is 725 g/mol. The Morgan fingerprint density at radius 1 is 1.13 bits per heavy atom. The van der Waals surface area contributed by atoms with Gasteiger partial charge in [-0.3, -0.25) is 9.69 Å². The minimum Gasteiger partial charge on any atom is -0.461 e. The summed E-state index contributed by atoms with van der Waals surface area (Å²) in [5.41, 5.74) is 6.68. The molecule has 53 heavy (non-hydrogen) atoms. The van der Waals surface area contributed by atoms with Crippen LogP contribution in [0.3, 0.4) is 0 Å². The third kappa shape index (κ3) is 5.88. The fraction of sp³-hybridized carbons (Fsp3) is 0.447. The van der Waals surface area contributed by atoms with Gasteiger partial charge in [0.15, 0.2) is 5.82 Å². The number of fused-ring (bicyclic) bond motifs is 3. The van der Waals surface area contributed by atoms with Crippen molar-refractivity contribution in [1.82, 2.24) is 24.6 Å². The molecule has 274 valence electrons. The average Bonchev–Trinajstić information content (AvgIpc) is 3.54. The number of aromatic nitrogens is 4. The molecule has 10 nitrogen and oxygen atoms in total. The molecule has 9 rings (SSSR count). The number of hydrogen-bond acceptors (Lipinski definition) is 10. The third-order valence-corrected chi connectivity index (χ3v) is 12.8. The summed E-state index contributed by atoms with van der Waals surface area (Å²) in [5, 5.41) is 15.1. The van der Waals surface area contributed by atoms with Crippen LogP contribution in [0.25, 0.3) is 32.1 Å². The molecule has 3 saturated heterocycles. The fourth-order valence-electron chi connectivity index (χ4n) is 8.67. The Balaban J connectivity index is 1.11. The van der Waals surface area contributed by atoms with Crippen molar-refractivity contribution < 1.29 is 22.7 Å². The van der Waals surface area contributed by atoms with Crippen LogP contribution in [0.5, 0.6) is 6.01 Å². The van der Waals surface area contributed by atoms with Crippen LogP contribution in [0.1, 0.15) is 73.3 Å². The maximum Gasteiger partial charge on any atom is 0.319 e. The van der Waals surface area contributed by atoms with E-state index in [-0.39, 0.29) is 66.8 Å². The molecule has 4 aliphatic rings. The zero-order chi connectivity index (χ0) is 36.6. The Kier molecular flexibility index (Phi) is 8.51. The quantitative estimate of drug-likeness (QED) is 0.176. The summed E-state index contributed by atoms with van der Waals surface area (Å²) in [5.74, 6) is -0.846. The highest BCUT2D eigenvalue weighted by Gasteiger charge is 2.49. The number of ether oxygens (including phenoxy) is 1. The maximum atomic E-state index is 17.2. The van der Waals surface area contributed by atoms with Gasteiger partial charge in [-0.1, -0.05) is 17.7 Å². The van der Waals surface area contributed by atoms with Crippen molar-refractivity contribution in [1.29, 1.82) is 5.26 Å². The Hall–Kier alpha value is -4.45. The number of anilines is 2. The monoisotopic (exact) mass is 760 g/mol. The molecule has 1 aliphatic carbocycles. The van der Waals surface area contributed by atoms with Crippen LogP contribution >= 0.6 is 22.9 Å². The molecule has 3 atom stereocenters. The van der Waals surface area contributed by atoms with Crippen molar-refractivity contribution >= 4 is 60.7 Å². The lowest BCUT2D eigenvalue weighted by Crippen LogP contribution is -2.43. The second kappa shape index (κ2) is 13.1. The van der Waals surface area contributed by atoms with Crippen molar-refractivity contribution in [2.24, 2.45) is 5.92 Å². The van der Waals surface area contributed by atoms with Crippen LogP contribution in [0.4, 0.5) is 24.0 Å². The second-order valence-corrected chi connectivity index (χ2v) is 16.3. The zero-order valence-corrected chi connectivity index (χ0v) is 30.3. The highest BCUT2D eigenvalue weighted by molar-refractivity contribution is 7.23. The lowest BCUT2D eigenvalue weighted by atomic mass is 9.95. The normalized spacial score (nSPS) is 23.4. The Morgan fingerprint density at radius 2 is 1.98 bits per heavy atom. The average molecular weight is 761 g/mol. The lowest BCUT2D eigenvalue weighted by Gasteiger charge is -2.31. The van der Waals surface area contributed by atoms with Gasteiger partial charge in [-0.05, 0) is 75.3 Å². The number of nitrogens with zero attached hydrogens (tertiary/aromatic N) is 7. The SMILES string of the molecule is N#Cc1c(N)sc2c(F)ccc(-c3c(Cl)cc4c(N5CCC[C@H](C(=O)n6ccc(C7CC7)n6)CC5)nc(OC[C@@]56CCCN5C[C@H](F)C6)nc4c3F)c12. The van der Waals surface area contributed by atoms with E-state index in [9.17, 15) is 18.8 Å². The molecule has 5 aromatic rings. The Labute approximate surface area is 312 Å². The molecule has 0 unspecified atom stereocenters. The minimum atomic E-state index is -0.957. The van der Waals surface area contributed by atoms with Crippen LogP contribution in [0, 0.1) is 28.9 Å². The Morgan fingerprint density at radius 3 is 2.79 bits per heavy atom. The highest BCUT2D eigenvalue weighted by Crippen LogP contribution is 2.46. The molecule has 3 aromatic heterocycles. The van der Waals surface area contributed by atoms with E-state index in [0.717, 1.165) is 49.3 Å². The van der Waals surface area contributed by atoms with Gasteiger partial charge in [0, 0.05) is 60.4 Å². The van der Waals surface area contributed by atoms with Gasteiger partial charge in [-0.25, -0.2) is 17.9 Å². The number of nitrogen functional groups attached to an aromatic ring is 1. The van der Waals surface area contributed by atoms with Crippen LogP contribution < -0.4 is 15.4 Å². The van der Waals surface area contributed by atoms with Gasteiger partial charge in [0.25, 0.3) is 0 Å². The smallest absolute Gasteiger partial charge is 0.319 e. The fourth-order valence-corrected chi connectivity index (χ4v) is 9.91. The van der Waals surface area contributed by atoms with Gasteiger partial charge in [-0.2, -0.15) is 20.3 Å². The van der Waals surface area contributed by atoms with Gasteiger partial charge in [-0.15, -0.1) is 11.3 Å². The van der Waals surface area contributed by atoms with Crippen molar-refractivity contribution in [3.63, 3.8) is 0 Å². The first-order valence-corrected chi connectivity index (χ1v) is 19.3. The first kappa shape index (κ1) is 34.3. The zero-order valence-electron chi connectivity index (χ0n) is 28.8. The lowest BCUT2D eigenvalue weighted by molar-refractivity contribution is 0.0806. The standard InChI is InChI=1S/C38H36ClF3N8O2S/c39-26-15-24-32(31(42)30(26)23-6-7-27(41)33-29(23)25(17-43)34(44)53-33)45-37(52-19-38-10-2-12-49(38)18-22(40)16-38)46-35(24)48-11-1-3-21(8-13-48)36(51)50-14-9-28(47-50)20-4-5-20/h6-7,9,14-15,20-22H,1-5,8,10-13,16,18-19,44H2/t21-,22+,38-/m0/s1. The van der Waals surface area contributed by atoms with Crippen molar-refractivity contribution in [3.8, 4) is 23.2 Å². The number of carbonyl (C=O) groups excluding carboxylic acids is 1. The summed E-state index contributed by atoms with van der Waals surface area (Å²) in [6.45, 7) is 2.24. The summed E-state index contributed by atoms with van der Waals surface area (Å²) in [7, 11) is 0. The molecule has 4 fully saturated rings. The molecule has 1 saturated carbocycles. The first-order valence-electron chi connectivity index (χ1n) is 18.1. The molecule has 6 heterocycles. The molecule has 0 spiro atoms. The summed E-state index contributed by atoms with van der Waals surface area (Å²) in [4.78, 5) is 27.1. The number of nitrogens with two attached hydrogens (primary N) is 1. The number of nitriles is 1. The van der Waals surface area contributed by atoms with E-state index in [1.807, 2.05) is 17.0 Å². The van der Waals surface area contributed by atoms with Gasteiger partial charge >= 0.3 is 6.01 Å². The molecular formula is C38H36ClF3N8O2S. The van der Waals surface area contributed by atoms with Gasteiger partial charge in [0.1, 0.15) is 41.0 Å². The molecule has 2 aromatic carbocycles. The summed E-state index contributed by atoms with van der Waals surface area (Å²) < 4.78 is 54.6. The van der Waals surface area contributed by atoms with E-state index in [4.69, 9.17) is 27.1 Å². The van der Waals surface area contributed by atoms with Crippen molar-refractivity contribution in [2.45, 2.75) is 69.0 Å². The topological polar surface area (TPSA) is 126 Å². The van der Waals surface area contributed by atoms with E-state index in [0.29, 0.717) is 62.4 Å². The summed E-state index contributed by atoms with van der Waals surface area (Å²) in [6, 6.07) is 8.07. The number of hydrogen-bond donors (Lipinski definition) is 1. The predicted octanol–water partition coefficient (Wildman–Crippen LogP) is 7.87. The summed E-state index contributed by atoms with van der Waals surface area (Å²) >= 11 is 7.82. The number of carbonyl (C=O) groups is 1. The molecule has 15 heteroatoms. The molecule has 0 amide bonds. The third-order valence-electron chi connectivity index (χ3n) is 11.5. The highest BCUT2D eigenvalue weighted by atomic mass is 35.5. The van der Waals surface area contributed by atoms with Gasteiger partial charge in [0.05, 0.1) is 26.5 Å². The van der Waals surface area contributed by atoms with E-state index in [2.05, 4.69) is 15.0 Å². The van der Waals surface area contributed by atoms with E-state index in [1.165, 1.54) is 16.8 Å². The van der Waals surface area contributed by atoms with Crippen molar-refractivity contribution in [3.05, 3.63) is 58.4 Å². The van der Waals surface area contributed by atoms with Crippen LogP contribution in [0.15, 0.2) is 30.5 Å². The molecule has 0 bridgehead atoms. The Bertz CT molecular complexity index is 2340. The summed E-state index contributed by atoms with van der Waals surface area (Å²) in [6.07, 6.45) is 6.87. The molecule has 2 N–H and O–H groups in total. The second-order valence-electron chi connectivity index (χ2n) is 14.8. The van der Waals surface area contributed by atoms with E-state index < -0.39 is 23.3 Å². The van der Waals surface area contributed by atoms with Crippen LogP contribution in [-0.2, 0) is 0 Å². The van der Waals surface area contributed by atoms with Crippen molar-refractivity contribution in [2.75, 3.05) is 43.4 Å². The first-order chi connectivity index (χ1) is 25.6. The molecule has 3 aliphatic heterocycles. The number of benzene rings is 2. The van der Waals surface area contributed by atoms with E-state index in [1.54, 1.807) is 12.3 Å². The van der Waals surface area contributed by atoms with Gasteiger partial charge in [0.2, 0.25) is 5.91 Å². The predicted molar refractivity (Wildman–Crippen MR) is 197 cm³/mol. The largest absolute Gasteiger partial charge is 0.461 e. The maximum absolute atomic E-state index is 17.2. The van der Waals surface area contributed by atoms with Crippen LogP contribution in [-0.4, -0.2) is 75.1 Å². The number of thiophene rings is 1. The minimum absolute atomic E-state index is 0.0172.